The van der Waals surface area contributed by atoms with E-state index in [0.717, 1.165) is 38.3 Å². The summed E-state index contributed by atoms with van der Waals surface area (Å²) >= 11 is 5.88. The Bertz CT molecular complexity index is 626. The third-order valence-corrected chi connectivity index (χ3v) is 4.46. The number of fused-ring (bicyclic) bond motifs is 3. The Morgan fingerprint density at radius 3 is 3.14 bits per heavy atom. The Balaban J connectivity index is 1.37. The zero-order chi connectivity index (χ0) is 14.2. The zero-order valence-electron chi connectivity index (χ0n) is 11.6. The van der Waals surface area contributed by atoms with Gasteiger partial charge >= 0.3 is 0 Å². The average Bonchev–Trinajstić information content (AvgIpc) is 3.13. The predicted octanol–water partition coefficient (Wildman–Crippen LogP) is 0.974. The fourth-order valence-electron chi connectivity index (χ4n) is 3.16. The monoisotopic (exact) mass is 308 g/mol. The Labute approximate surface area is 127 Å². The van der Waals surface area contributed by atoms with Gasteiger partial charge in [0.25, 0.3) is 0 Å². The van der Waals surface area contributed by atoms with Crippen LogP contribution in [0.25, 0.3) is 0 Å². The molecular weight excluding hydrogens is 292 g/mol. The molecule has 0 radical (unpaired) electrons. The number of halogens is 1. The third kappa shape index (κ3) is 2.56. The zero-order valence-corrected chi connectivity index (χ0v) is 12.4. The van der Waals surface area contributed by atoms with Crippen LogP contribution in [-0.2, 0) is 17.9 Å². The van der Waals surface area contributed by atoms with Gasteiger partial charge in [0.1, 0.15) is 0 Å². The van der Waals surface area contributed by atoms with Crippen molar-refractivity contribution in [2.45, 2.75) is 31.7 Å². The van der Waals surface area contributed by atoms with E-state index in [1.54, 1.807) is 12.4 Å². The number of hydrogen-bond donors (Lipinski definition) is 0. The molecule has 2 aliphatic heterocycles. The molecule has 21 heavy (non-hydrogen) atoms. The highest BCUT2D eigenvalue weighted by atomic mass is 35.5. The van der Waals surface area contributed by atoms with Gasteiger partial charge in [-0.2, -0.15) is 5.10 Å². The van der Waals surface area contributed by atoms with Crippen LogP contribution < -0.4 is 0 Å². The molecule has 0 unspecified atom stereocenters. The van der Waals surface area contributed by atoms with Gasteiger partial charge in [0, 0.05) is 25.8 Å². The van der Waals surface area contributed by atoms with Gasteiger partial charge in [-0.15, -0.1) is 5.10 Å². The summed E-state index contributed by atoms with van der Waals surface area (Å²) in [6.45, 7) is 4.38. The number of piperidine rings is 1. The molecule has 0 aromatic carbocycles. The van der Waals surface area contributed by atoms with Gasteiger partial charge in [0.2, 0.25) is 0 Å². The van der Waals surface area contributed by atoms with Crippen LogP contribution in [0.5, 0.6) is 0 Å². The van der Waals surface area contributed by atoms with E-state index in [-0.39, 0.29) is 6.10 Å². The first-order valence-corrected chi connectivity index (χ1v) is 7.58. The van der Waals surface area contributed by atoms with Crippen molar-refractivity contribution in [3.63, 3.8) is 0 Å². The van der Waals surface area contributed by atoms with E-state index in [1.165, 1.54) is 0 Å². The quantitative estimate of drug-likeness (QED) is 0.846. The highest BCUT2D eigenvalue weighted by Gasteiger charge is 2.36. The number of likely N-dealkylation sites (tertiary alicyclic amines) is 1. The fraction of sp³-hybridized carbons (Fsp3) is 0.615. The second kappa shape index (κ2) is 5.40. The SMILES string of the molecule is Clc1cnn(CCN2CC[C@H]3[C@H](C2)OCc2cnnn23)c1. The summed E-state index contributed by atoms with van der Waals surface area (Å²) in [4.78, 5) is 2.42. The van der Waals surface area contributed by atoms with Crippen molar-refractivity contribution in [2.75, 3.05) is 19.6 Å². The molecule has 2 aliphatic rings. The van der Waals surface area contributed by atoms with Gasteiger partial charge in [-0.25, -0.2) is 4.68 Å². The predicted molar refractivity (Wildman–Crippen MR) is 75.9 cm³/mol. The lowest BCUT2D eigenvalue weighted by molar-refractivity contribution is -0.0693. The number of aromatic nitrogens is 5. The Morgan fingerprint density at radius 1 is 1.33 bits per heavy atom. The van der Waals surface area contributed by atoms with Crippen molar-refractivity contribution in [1.29, 1.82) is 0 Å². The minimum Gasteiger partial charge on any atom is -0.368 e. The second-order valence-corrected chi connectivity index (χ2v) is 6.03. The molecule has 2 atom stereocenters. The summed E-state index contributed by atoms with van der Waals surface area (Å²) in [6, 6.07) is 0.326. The molecule has 0 bridgehead atoms. The number of hydrogen-bond acceptors (Lipinski definition) is 5. The topological polar surface area (TPSA) is 61.0 Å². The first-order valence-electron chi connectivity index (χ1n) is 7.20. The molecule has 0 amide bonds. The van der Waals surface area contributed by atoms with Crippen molar-refractivity contribution in [3.8, 4) is 0 Å². The molecule has 4 heterocycles. The maximum Gasteiger partial charge on any atom is 0.0932 e. The molecule has 0 aliphatic carbocycles. The van der Waals surface area contributed by atoms with E-state index < -0.39 is 0 Å². The normalized spacial score (nSPS) is 25.6. The summed E-state index contributed by atoms with van der Waals surface area (Å²) in [6.07, 6.45) is 6.57. The molecule has 2 aromatic heterocycles. The average molecular weight is 309 g/mol. The molecule has 7 nitrogen and oxygen atoms in total. The van der Waals surface area contributed by atoms with Crippen molar-refractivity contribution >= 4 is 11.6 Å². The lowest BCUT2D eigenvalue weighted by Gasteiger charge is -2.40. The van der Waals surface area contributed by atoms with Crippen LogP contribution in [0.4, 0.5) is 0 Å². The largest absolute Gasteiger partial charge is 0.368 e. The fourth-order valence-corrected chi connectivity index (χ4v) is 3.32. The van der Waals surface area contributed by atoms with Crippen LogP contribution >= 0.6 is 11.6 Å². The van der Waals surface area contributed by atoms with Crippen molar-refractivity contribution in [2.24, 2.45) is 0 Å². The Morgan fingerprint density at radius 2 is 2.29 bits per heavy atom. The summed E-state index contributed by atoms with van der Waals surface area (Å²) in [5, 5.41) is 13.1. The first-order chi connectivity index (χ1) is 10.3. The summed E-state index contributed by atoms with van der Waals surface area (Å²) in [7, 11) is 0. The van der Waals surface area contributed by atoms with E-state index in [1.807, 2.05) is 15.6 Å². The highest BCUT2D eigenvalue weighted by molar-refractivity contribution is 6.30. The maximum absolute atomic E-state index is 5.97. The summed E-state index contributed by atoms with van der Waals surface area (Å²) < 4.78 is 9.89. The van der Waals surface area contributed by atoms with Gasteiger partial charge in [-0.1, -0.05) is 16.8 Å². The van der Waals surface area contributed by atoms with E-state index in [2.05, 4.69) is 20.3 Å². The highest BCUT2D eigenvalue weighted by Crippen LogP contribution is 2.30. The lowest BCUT2D eigenvalue weighted by Crippen LogP contribution is -2.49. The maximum atomic E-state index is 5.97. The molecule has 0 N–H and O–H groups in total. The van der Waals surface area contributed by atoms with Crippen LogP contribution in [0.3, 0.4) is 0 Å². The third-order valence-electron chi connectivity index (χ3n) is 4.26. The minimum absolute atomic E-state index is 0.203. The number of ether oxygens (including phenoxy) is 1. The molecule has 1 saturated heterocycles. The van der Waals surface area contributed by atoms with E-state index >= 15 is 0 Å². The summed E-state index contributed by atoms with van der Waals surface area (Å²) in [5.74, 6) is 0. The van der Waals surface area contributed by atoms with E-state index in [9.17, 15) is 0 Å². The molecule has 1 fully saturated rings. The van der Waals surface area contributed by atoms with Crippen LogP contribution in [-0.4, -0.2) is 55.4 Å². The van der Waals surface area contributed by atoms with Gasteiger partial charge in [0.05, 0.1) is 48.4 Å². The standard InChI is InChI=1S/C13H17ClN6O/c14-10-5-16-19(7-10)4-3-18-2-1-12-13(8-18)21-9-11-6-15-17-20(11)12/h5-7,12-13H,1-4,8-9H2/t12-,13-/m0/s1. The second-order valence-electron chi connectivity index (χ2n) is 5.60. The lowest BCUT2D eigenvalue weighted by atomic mass is 10.0. The molecule has 8 heteroatoms. The Hall–Kier alpha value is -1.44. The van der Waals surface area contributed by atoms with E-state index in [0.29, 0.717) is 17.7 Å². The van der Waals surface area contributed by atoms with Gasteiger partial charge in [-0.05, 0) is 6.42 Å². The Kier molecular flexibility index (Phi) is 3.40. The van der Waals surface area contributed by atoms with Crippen molar-refractivity contribution in [1.82, 2.24) is 29.7 Å². The summed E-state index contributed by atoms with van der Waals surface area (Å²) in [5.41, 5.74) is 1.08. The van der Waals surface area contributed by atoms with Crippen LogP contribution in [0.1, 0.15) is 18.2 Å². The molecule has 112 valence electrons. The number of nitrogens with zero attached hydrogens (tertiary/aromatic N) is 6. The number of rotatable bonds is 3. The van der Waals surface area contributed by atoms with Crippen LogP contribution in [0.15, 0.2) is 18.6 Å². The first kappa shape index (κ1) is 13.2. The van der Waals surface area contributed by atoms with Crippen LogP contribution in [0.2, 0.25) is 5.02 Å². The van der Waals surface area contributed by atoms with Gasteiger partial charge < -0.3 is 4.74 Å². The van der Waals surface area contributed by atoms with Crippen molar-refractivity contribution in [3.05, 3.63) is 29.3 Å². The van der Waals surface area contributed by atoms with Crippen molar-refractivity contribution < 1.29 is 4.74 Å². The molecular formula is C13H17ClN6O. The molecule has 4 rings (SSSR count). The molecule has 0 saturated carbocycles. The molecule has 0 spiro atoms. The molecule has 2 aromatic rings. The minimum atomic E-state index is 0.203. The van der Waals surface area contributed by atoms with Gasteiger partial charge in [-0.3, -0.25) is 9.58 Å². The van der Waals surface area contributed by atoms with E-state index in [4.69, 9.17) is 16.3 Å². The van der Waals surface area contributed by atoms with Gasteiger partial charge in [0.15, 0.2) is 0 Å². The smallest absolute Gasteiger partial charge is 0.0932 e. The van der Waals surface area contributed by atoms with Crippen LogP contribution in [0, 0.1) is 0 Å².